The molecule has 1 atom stereocenters. The molecule has 44 valence electrons. The average molecular weight is 143 g/mol. The van der Waals surface area contributed by atoms with Crippen molar-refractivity contribution in [3.05, 3.63) is 0 Å². The molecule has 0 spiro atoms. The van der Waals surface area contributed by atoms with Crippen molar-refractivity contribution in [2.24, 2.45) is 0 Å². The number of hydrogen-bond acceptors (Lipinski definition) is 1. The average Bonchev–Trinajstić information content (AvgIpc) is 1.68. The molecule has 1 unspecified atom stereocenters. The molecule has 7 heavy (non-hydrogen) atoms. The summed E-state index contributed by atoms with van der Waals surface area (Å²) in [7, 11) is 0. The van der Waals surface area contributed by atoms with Gasteiger partial charge in [-0.05, 0) is 6.92 Å². The third-order valence-electron chi connectivity index (χ3n) is 0.608. The Hall–Kier alpha value is 0.540. The highest BCUT2D eigenvalue weighted by Crippen LogP contribution is 2.13. The van der Waals surface area contributed by atoms with Gasteiger partial charge in [0.2, 0.25) is 0 Å². The first-order chi connectivity index (χ1) is 3.12. The van der Waals surface area contributed by atoms with Gasteiger partial charge in [-0.3, -0.25) is 0 Å². The number of aliphatic hydroxyl groups is 1. The van der Waals surface area contributed by atoms with Crippen molar-refractivity contribution in [3.8, 4) is 0 Å². The Morgan fingerprint density at radius 1 is 1.71 bits per heavy atom. The molecular formula is C4H8Cl2O. The lowest BCUT2D eigenvalue weighted by Gasteiger charge is -2.12. The molecule has 0 aromatic rings. The molecule has 0 amide bonds. The summed E-state index contributed by atoms with van der Waals surface area (Å²) in [5.41, 5.74) is 0. The van der Waals surface area contributed by atoms with Crippen molar-refractivity contribution in [1.29, 1.82) is 0 Å². The number of halogens is 2. The van der Waals surface area contributed by atoms with Gasteiger partial charge in [-0.1, -0.05) is 0 Å². The number of alkyl halides is 2. The molecule has 0 aromatic heterocycles. The summed E-state index contributed by atoms with van der Waals surface area (Å²) in [6.45, 7) is 1.61. The smallest absolute Gasteiger partial charge is 0.0783 e. The van der Waals surface area contributed by atoms with Crippen molar-refractivity contribution in [3.63, 3.8) is 0 Å². The molecule has 3 heteroatoms. The van der Waals surface area contributed by atoms with Gasteiger partial charge < -0.3 is 5.11 Å². The molecule has 1 N–H and O–H groups in total. The van der Waals surface area contributed by atoms with Gasteiger partial charge in [-0.25, -0.2) is 0 Å². The normalized spacial score (nSPS) is 18.9. The van der Waals surface area contributed by atoms with Crippen LogP contribution >= 0.6 is 23.2 Å². The van der Waals surface area contributed by atoms with E-state index in [-0.39, 0.29) is 12.5 Å². The van der Waals surface area contributed by atoms with E-state index in [1.807, 2.05) is 0 Å². The van der Waals surface area contributed by atoms with Crippen molar-refractivity contribution < 1.29 is 5.11 Å². The Kier molecular flexibility index (Phi) is 2.96. The minimum atomic E-state index is -0.623. The number of hydrogen-bond donors (Lipinski definition) is 1. The maximum Gasteiger partial charge on any atom is 0.0783 e. The van der Waals surface area contributed by atoms with Crippen LogP contribution in [0.1, 0.15) is 6.92 Å². The maximum atomic E-state index is 8.38. The topological polar surface area (TPSA) is 20.2 Å². The van der Waals surface area contributed by atoms with Crippen LogP contribution in [-0.2, 0) is 0 Å². The minimum absolute atomic E-state index is 0.0714. The largest absolute Gasteiger partial charge is 0.395 e. The van der Waals surface area contributed by atoms with Crippen LogP contribution in [0.3, 0.4) is 0 Å². The summed E-state index contributed by atoms with van der Waals surface area (Å²) in [6, 6.07) is 0. The Bertz CT molecular complexity index is 47.7. The molecule has 0 saturated heterocycles. The lowest BCUT2D eigenvalue weighted by Crippen LogP contribution is -2.23. The third kappa shape index (κ3) is 3.15. The van der Waals surface area contributed by atoms with E-state index in [9.17, 15) is 0 Å². The first-order valence-electron chi connectivity index (χ1n) is 1.98. The van der Waals surface area contributed by atoms with Gasteiger partial charge >= 0.3 is 0 Å². The second-order valence-corrected chi connectivity index (χ2v) is 2.88. The summed E-state index contributed by atoms with van der Waals surface area (Å²) < 4.78 is 0. The van der Waals surface area contributed by atoms with Gasteiger partial charge in [-0.2, -0.15) is 0 Å². The van der Waals surface area contributed by atoms with Crippen LogP contribution in [0, 0.1) is 0 Å². The highest BCUT2D eigenvalue weighted by atomic mass is 35.5. The van der Waals surface area contributed by atoms with E-state index in [2.05, 4.69) is 0 Å². The summed E-state index contributed by atoms with van der Waals surface area (Å²) in [6.07, 6.45) is 0. The molecule has 1 nitrogen and oxygen atoms in total. The Morgan fingerprint density at radius 2 is 2.14 bits per heavy atom. The molecule has 0 bridgehead atoms. The van der Waals surface area contributed by atoms with Gasteiger partial charge in [0.25, 0.3) is 0 Å². The molecule has 0 rings (SSSR count). The fraction of sp³-hybridized carbons (Fsp3) is 1.00. The molecule has 0 saturated carbocycles. The second-order valence-electron chi connectivity index (χ2n) is 1.71. The van der Waals surface area contributed by atoms with Crippen LogP contribution in [0.2, 0.25) is 0 Å². The highest BCUT2D eigenvalue weighted by molar-refractivity contribution is 6.30. The van der Waals surface area contributed by atoms with E-state index >= 15 is 0 Å². The molecule has 0 aliphatic carbocycles. The number of rotatable bonds is 2. The fourth-order valence-electron chi connectivity index (χ4n) is 0.0423. The summed E-state index contributed by atoms with van der Waals surface area (Å²) in [5, 5.41) is 8.38. The van der Waals surface area contributed by atoms with E-state index in [0.29, 0.717) is 0 Å². The van der Waals surface area contributed by atoms with Gasteiger partial charge in [-0.15, -0.1) is 23.2 Å². The van der Waals surface area contributed by atoms with Crippen LogP contribution < -0.4 is 0 Å². The predicted octanol–water partition coefficient (Wildman–Crippen LogP) is 1.22. The molecule has 0 aliphatic rings. The monoisotopic (exact) mass is 142 g/mol. The van der Waals surface area contributed by atoms with Crippen LogP contribution in [0.5, 0.6) is 0 Å². The molecular weight excluding hydrogens is 135 g/mol. The van der Waals surface area contributed by atoms with Gasteiger partial charge in [0.15, 0.2) is 0 Å². The van der Waals surface area contributed by atoms with E-state index in [0.717, 1.165) is 0 Å². The Morgan fingerprint density at radius 3 is 2.14 bits per heavy atom. The highest BCUT2D eigenvalue weighted by Gasteiger charge is 2.16. The lowest BCUT2D eigenvalue weighted by molar-refractivity contribution is 0.263. The fourth-order valence-corrected chi connectivity index (χ4v) is 0.127. The Labute approximate surface area is 53.2 Å². The lowest BCUT2D eigenvalue weighted by atomic mass is 10.2. The van der Waals surface area contributed by atoms with E-state index in [1.54, 1.807) is 6.92 Å². The predicted molar refractivity (Wildman–Crippen MR) is 32.1 cm³/mol. The zero-order chi connectivity index (χ0) is 5.91. The summed E-state index contributed by atoms with van der Waals surface area (Å²) >= 11 is 10.8. The molecule has 0 fully saturated rings. The second kappa shape index (κ2) is 2.75. The zero-order valence-electron chi connectivity index (χ0n) is 4.12. The first kappa shape index (κ1) is 7.54. The molecule has 0 heterocycles. The van der Waals surface area contributed by atoms with Gasteiger partial charge in [0, 0.05) is 5.88 Å². The summed E-state index contributed by atoms with van der Waals surface area (Å²) in [5.74, 6) is 0.283. The first-order valence-corrected chi connectivity index (χ1v) is 2.89. The van der Waals surface area contributed by atoms with Gasteiger partial charge in [0.1, 0.15) is 0 Å². The SMILES string of the molecule is CC(Cl)(CO)CCl. The molecule has 0 aromatic carbocycles. The van der Waals surface area contributed by atoms with E-state index in [4.69, 9.17) is 28.3 Å². The molecule has 0 aliphatic heterocycles. The van der Waals surface area contributed by atoms with Crippen molar-refractivity contribution >= 4 is 23.2 Å². The van der Waals surface area contributed by atoms with Crippen LogP contribution in [0.4, 0.5) is 0 Å². The van der Waals surface area contributed by atoms with Crippen LogP contribution in [0.15, 0.2) is 0 Å². The quantitative estimate of drug-likeness (QED) is 0.576. The van der Waals surface area contributed by atoms with Crippen LogP contribution in [0.25, 0.3) is 0 Å². The minimum Gasteiger partial charge on any atom is -0.395 e. The van der Waals surface area contributed by atoms with Crippen LogP contribution in [-0.4, -0.2) is 22.5 Å². The van der Waals surface area contributed by atoms with Crippen molar-refractivity contribution in [1.82, 2.24) is 0 Å². The van der Waals surface area contributed by atoms with Crippen molar-refractivity contribution in [2.75, 3.05) is 12.5 Å². The summed E-state index contributed by atoms with van der Waals surface area (Å²) in [4.78, 5) is -0.623. The van der Waals surface area contributed by atoms with E-state index < -0.39 is 4.87 Å². The standard InChI is InChI=1S/C4H8Cl2O/c1-4(6,2-5)3-7/h7H,2-3H2,1H3. The van der Waals surface area contributed by atoms with E-state index in [1.165, 1.54) is 0 Å². The molecule has 0 radical (unpaired) electrons. The van der Waals surface area contributed by atoms with Gasteiger partial charge in [0.05, 0.1) is 11.5 Å². The number of aliphatic hydroxyl groups excluding tert-OH is 1. The Balaban J connectivity index is 3.36. The third-order valence-corrected chi connectivity index (χ3v) is 1.59. The van der Waals surface area contributed by atoms with Crippen molar-refractivity contribution in [2.45, 2.75) is 11.8 Å². The maximum absolute atomic E-state index is 8.38. The zero-order valence-corrected chi connectivity index (χ0v) is 5.63.